The summed E-state index contributed by atoms with van der Waals surface area (Å²) in [6, 6.07) is 19.6. The predicted molar refractivity (Wildman–Crippen MR) is 89.5 cm³/mol. The maximum atomic E-state index is 6.16. The Morgan fingerprint density at radius 3 is 2.48 bits per heavy atom. The Hall–Kier alpha value is -1.80. The summed E-state index contributed by atoms with van der Waals surface area (Å²) >= 11 is 0. The maximum absolute atomic E-state index is 6.16. The van der Waals surface area contributed by atoms with E-state index in [9.17, 15) is 0 Å². The van der Waals surface area contributed by atoms with Crippen molar-refractivity contribution in [3.8, 4) is 0 Å². The first-order chi connectivity index (χ1) is 10.3. The van der Waals surface area contributed by atoms with Crippen molar-refractivity contribution in [3.05, 3.63) is 65.7 Å². The van der Waals surface area contributed by atoms with Crippen LogP contribution in [0.2, 0.25) is 0 Å². The van der Waals surface area contributed by atoms with Gasteiger partial charge >= 0.3 is 0 Å². The van der Waals surface area contributed by atoms with Crippen molar-refractivity contribution in [2.45, 2.75) is 31.7 Å². The number of nitrogens with one attached hydrogen (secondary N) is 1. The molecular weight excluding hydrogens is 256 g/mol. The zero-order chi connectivity index (χ0) is 14.5. The van der Waals surface area contributed by atoms with E-state index < -0.39 is 0 Å². The normalized spacial score (nSPS) is 21.4. The fourth-order valence-electron chi connectivity index (χ4n) is 3.22. The second-order valence-electron chi connectivity index (χ2n) is 6.06. The molecular formula is C19H24N2. The molecule has 0 aromatic heterocycles. The standard InChI is InChI=1S/C19H24N2/c20-18-11-6-10-17(18)14-21-19-12-5-4-9-16(19)13-15-7-2-1-3-8-15/h1-5,7-9,12,17-18,21H,6,10-11,13-14,20H2. The van der Waals surface area contributed by atoms with E-state index in [1.807, 2.05) is 0 Å². The van der Waals surface area contributed by atoms with Crippen molar-refractivity contribution < 1.29 is 0 Å². The van der Waals surface area contributed by atoms with Gasteiger partial charge in [0.15, 0.2) is 0 Å². The van der Waals surface area contributed by atoms with Crippen molar-refractivity contribution in [1.29, 1.82) is 0 Å². The lowest BCUT2D eigenvalue weighted by atomic mass is 10.0. The monoisotopic (exact) mass is 280 g/mol. The van der Waals surface area contributed by atoms with Crippen LogP contribution in [-0.2, 0) is 6.42 Å². The van der Waals surface area contributed by atoms with Crippen molar-refractivity contribution >= 4 is 5.69 Å². The van der Waals surface area contributed by atoms with Gasteiger partial charge in [-0.1, -0.05) is 55.0 Å². The molecule has 1 aliphatic rings. The van der Waals surface area contributed by atoms with Crippen LogP contribution < -0.4 is 11.1 Å². The zero-order valence-corrected chi connectivity index (χ0v) is 12.5. The molecule has 2 aromatic carbocycles. The highest BCUT2D eigenvalue weighted by Crippen LogP contribution is 2.25. The molecule has 0 aliphatic heterocycles. The van der Waals surface area contributed by atoms with Gasteiger partial charge in [-0.25, -0.2) is 0 Å². The van der Waals surface area contributed by atoms with Crippen LogP contribution in [0.5, 0.6) is 0 Å². The second-order valence-corrected chi connectivity index (χ2v) is 6.06. The number of benzene rings is 2. The Labute approximate surface area is 127 Å². The van der Waals surface area contributed by atoms with E-state index in [-0.39, 0.29) is 0 Å². The second kappa shape index (κ2) is 6.77. The fourth-order valence-corrected chi connectivity index (χ4v) is 3.22. The predicted octanol–water partition coefficient (Wildman–Crippen LogP) is 3.82. The molecule has 0 spiro atoms. The van der Waals surface area contributed by atoms with E-state index in [2.05, 4.69) is 59.9 Å². The molecule has 3 rings (SSSR count). The third-order valence-electron chi connectivity index (χ3n) is 4.53. The number of anilines is 1. The van der Waals surface area contributed by atoms with Crippen LogP contribution in [0.15, 0.2) is 54.6 Å². The fraction of sp³-hybridized carbons (Fsp3) is 0.368. The van der Waals surface area contributed by atoms with Crippen LogP contribution in [0.4, 0.5) is 5.69 Å². The molecule has 0 bridgehead atoms. The summed E-state index contributed by atoms with van der Waals surface area (Å²) < 4.78 is 0. The molecule has 110 valence electrons. The van der Waals surface area contributed by atoms with Gasteiger partial charge in [0.2, 0.25) is 0 Å². The van der Waals surface area contributed by atoms with E-state index in [4.69, 9.17) is 5.73 Å². The minimum atomic E-state index is 0.374. The Morgan fingerprint density at radius 1 is 0.952 bits per heavy atom. The molecule has 1 saturated carbocycles. The summed E-state index contributed by atoms with van der Waals surface area (Å²) in [5.41, 5.74) is 10.1. The third-order valence-corrected chi connectivity index (χ3v) is 4.53. The van der Waals surface area contributed by atoms with Crippen LogP contribution in [0.25, 0.3) is 0 Å². The molecule has 21 heavy (non-hydrogen) atoms. The van der Waals surface area contributed by atoms with Crippen molar-refractivity contribution in [3.63, 3.8) is 0 Å². The van der Waals surface area contributed by atoms with E-state index in [0.29, 0.717) is 12.0 Å². The number of hydrogen-bond donors (Lipinski definition) is 2. The van der Waals surface area contributed by atoms with Gasteiger partial charge in [0, 0.05) is 18.3 Å². The van der Waals surface area contributed by atoms with E-state index in [1.165, 1.54) is 36.1 Å². The average molecular weight is 280 g/mol. The molecule has 2 nitrogen and oxygen atoms in total. The van der Waals surface area contributed by atoms with Gasteiger partial charge in [-0.3, -0.25) is 0 Å². The Balaban J connectivity index is 1.67. The quantitative estimate of drug-likeness (QED) is 0.874. The Kier molecular flexibility index (Phi) is 4.56. The highest BCUT2D eigenvalue weighted by Gasteiger charge is 2.23. The highest BCUT2D eigenvalue weighted by molar-refractivity contribution is 5.52. The van der Waals surface area contributed by atoms with Gasteiger partial charge in [0.25, 0.3) is 0 Å². The van der Waals surface area contributed by atoms with Crippen LogP contribution >= 0.6 is 0 Å². The van der Waals surface area contributed by atoms with E-state index in [1.54, 1.807) is 0 Å². The topological polar surface area (TPSA) is 38.0 Å². The van der Waals surface area contributed by atoms with Crippen molar-refractivity contribution in [2.75, 3.05) is 11.9 Å². The first-order valence-electron chi connectivity index (χ1n) is 7.94. The summed E-state index contributed by atoms with van der Waals surface area (Å²) in [4.78, 5) is 0. The SMILES string of the molecule is NC1CCCC1CNc1ccccc1Cc1ccccc1. The van der Waals surface area contributed by atoms with Gasteiger partial charge in [-0.15, -0.1) is 0 Å². The third kappa shape index (κ3) is 3.64. The lowest BCUT2D eigenvalue weighted by molar-refractivity contribution is 0.505. The smallest absolute Gasteiger partial charge is 0.0376 e. The molecule has 0 saturated heterocycles. The summed E-state index contributed by atoms with van der Waals surface area (Å²) in [6.07, 6.45) is 4.69. The highest BCUT2D eigenvalue weighted by atomic mass is 14.9. The number of nitrogens with two attached hydrogens (primary N) is 1. The Bertz CT molecular complexity index is 565. The van der Waals surface area contributed by atoms with Gasteiger partial charge in [-0.05, 0) is 42.4 Å². The molecule has 0 amide bonds. The van der Waals surface area contributed by atoms with Gasteiger partial charge in [0.05, 0.1) is 0 Å². The average Bonchev–Trinajstić information content (AvgIpc) is 2.93. The number of hydrogen-bond acceptors (Lipinski definition) is 2. The first-order valence-corrected chi connectivity index (χ1v) is 7.94. The minimum absolute atomic E-state index is 0.374. The first kappa shape index (κ1) is 14.2. The lowest BCUT2D eigenvalue weighted by Crippen LogP contribution is -2.29. The Morgan fingerprint density at radius 2 is 1.71 bits per heavy atom. The molecule has 2 heteroatoms. The molecule has 3 N–H and O–H groups in total. The van der Waals surface area contributed by atoms with Crippen molar-refractivity contribution in [1.82, 2.24) is 0 Å². The molecule has 2 atom stereocenters. The van der Waals surface area contributed by atoms with Gasteiger partial charge < -0.3 is 11.1 Å². The minimum Gasteiger partial charge on any atom is -0.384 e. The maximum Gasteiger partial charge on any atom is 0.0376 e. The molecule has 0 heterocycles. The molecule has 1 fully saturated rings. The van der Waals surface area contributed by atoms with Gasteiger partial charge in [-0.2, -0.15) is 0 Å². The van der Waals surface area contributed by atoms with Crippen LogP contribution in [0, 0.1) is 5.92 Å². The van der Waals surface area contributed by atoms with E-state index >= 15 is 0 Å². The summed E-state index contributed by atoms with van der Waals surface area (Å²) in [5.74, 6) is 0.620. The largest absolute Gasteiger partial charge is 0.384 e. The molecule has 0 radical (unpaired) electrons. The molecule has 2 aromatic rings. The number of rotatable bonds is 5. The molecule has 2 unspecified atom stereocenters. The van der Waals surface area contributed by atoms with Crippen molar-refractivity contribution in [2.24, 2.45) is 11.7 Å². The van der Waals surface area contributed by atoms with Gasteiger partial charge in [0.1, 0.15) is 0 Å². The number of para-hydroxylation sites is 1. The van der Waals surface area contributed by atoms with Crippen LogP contribution in [0.3, 0.4) is 0 Å². The molecule has 1 aliphatic carbocycles. The summed E-state index contributed by atoms with van der Waals surface area (Å²) in [5, 5.41) is 3.63. The summed E-state index contributed by atoms with van der Waals surface area (Å²) in [6.45, 7) is 0.993. The van der Waals surface area contributed by atoms with Crippen LogP contribution in [0.1, 0.15) is 30.4 Å². The zero-order valence-electron chi connectivity index (χ0n) is 12.5. The van der Waals surface area contributed by atoms with E-state index in [0.717, 1.165) is 13.0 Å². The lowest BCUT2D eigenvalue weighted by Gasteiger charge is -2.18. The van der Waals surface area contributed by atoms with Crippen LogP contribution in [-0.4, -0.2) is 12.6 Å². The summed E-state index contributed by atoms with van der Waals surface area (Å²) in [7, 11) is 0.